The average Bonchev–Trinajstić information content (AvgIpc) is 3.21. The van der Waals surface area contributed by atoms with E-state index >= 15 is 0 Å². The number of carbonyl (C=O) groups is 1. The summed E-state index contributed by atoms with van der Waals surface area (Å²) in [4.78, 5) is 28.3. The molecule has 3 aromatic carbocycles. The van der Waals surface area contributed by atoms with Gasteiger partial charge in [-0.1, -0.05) is 42.5 Å². The molecule has 0 unspecified atom stereocenters. The van der Waals surface area contributed by atoms with Crippen molar-refractivity contribution in [2.24, 2.45) is 0 Å². The smallest absolute Gasteiger partial charge is 0.326 e. The van der Waals surface area contributed by atoms with E-state index in [1.54, 1.807) is 25.9 Å². The van der Waals surface area contributed by atoms with Gasteiger partial charge in [0, 0.05) is 13.0 Å². The number of para-hydroxylation sites is 1. The SMILES string of the molecule is COc1cc(Cn2c(=O)[nH]c3cccc(CCC(=O)NCc4ccccc4)c32)cc(OC)c1OC. The fraction of sp³-hybridized carbons (Fsp3) is 0.259. The molecule has 8 heteroatoms. The Morgan fingerprint density at radius 1 is 0.914 bits per heavy atom. The van der Waals surface area contributed by atoms with Crippen LogP contribution in [0, 0.1) is 0 Å². The maximum absolute atomic E-state index is 12.9. The number of aromatic amines is 1. The summed E-state index contributed by atoms with van der Waals surface area (Å²) < 4.78 is 18.0. The van der Waals surface area contributed by atoms with E-state index in [0.717, 1.165) is 27.7 Å². The molecule has 8 nitrogen and oxygen atoms in total. The van der Waals surface area contributed by atoms with E-state index in [2.05, 4.69) is 10.3 Å². The zero-order valence-electron chi connectivity index (χ0n) is 20.1. The third kappa shape index (κ3) is 5.32. The molecule has 1 amide bonds. The van der Waals surface area contributed by atoms with Crippen molar-refractivity contribution in [3.05, 3.63) is 87.8 Å². The number of nitrogens with one attached hydrogen (secondary N) is 2. The minimum atomic E-state index is -0.227. The molecule has 0 saturated carbocycles. The second-order valence-corrected chi connectivity index (χ2v) is 8.13. The number of hydrogen-bond acceptors (Lipinski definition) is 5. The standard InChI is InChI=1S/C27H29N3O5/c1-33-22-14-19(15-23(34-2)26(22)35-3)17-30-25-20(10-7-11-21(25)29-27(30)32)12-13-24(31)28-16-18-8-5-4-6-9-18/h4-11,14-15H,12-13,16-17H2,1-3H3,(H,28,31)(H,29,32). The molecule has 0 radical (unpaired) electrons. The normalized spacial score (nSPS) is 10.8. The molecule has 0 bridgehead atoms. The molecular weight excluding hydrogens is 446 g/mol. The third-order valence-electron chi connectivity index (χ3n) is 5.90. The molecule has 0 fully saturated rings. The number of fused-ring (bicyclic) bond motifs is 1. The van der Waals surface area contributed by atoms with E-state index in [1.807, 2.05) is 60.7 Å². The van der Waals surface area contributed by atoms with Gasteiger partial charge in [0.2, 0.25) is 11.7 Å². The highest BCUT2D eigenvalue weighted by Crippen LogP contribution is 2.38. The molecule has 4 aromatic rings. The van der Waals surface area contributed by atoms with Gasteiger partial charge in [0.25, 0.3) is 0 Å². The fourth-order valence-corrected chi connectivity index (χ4v) is 4.19. The Bertz CT molecular complexity index is 1350. The number of aromatic nitrogens is 2. The Balaban J connectivity index is 1.57. The summed E-state index contributed by atoms with van der Waals surface area (Å²) in [6, 6.07) is 19.1. The molecule has 4 rings (SSSR count). The Labute approximate surface area is 203 Å². The van der Waals surface area contributed by atoms with Crippen molar-refractivity contribution in [1.82, 2.24) is 14.9 Å². The molecule has 0 saturated heterocycles. The molecule has 182 valence electrons. The Hall–Kier alpha value is -4.20. The summed E-state index contributed by atoms with van der Waals surface area (Å²) in [5, 5.41) is 2.96. The quantitative estimate of drug-likeness (QED) is 0.365. The number of aryl methyl sites for hydroxylation is 1. The van der Waals surface area contributed by atoms with Crippen molar-refractivity contribution < 1.29 is 19.0 Å². The number of H-pyrrole nitrogens is 1. The first kappa shape index (κ1) is 23.9. The number of ether oxygens (including phenoxy) is 3. The van der Waals surface area contributed by atoms with Crippen LogP contribution in [0.25, 0.3) is 11.0 Å². The molecule has 1 aromatic heterocycles. The minimum absolute atomic E-state index is 0.0417. The van der Waals surface area contributed by atoms with Gasteiger partial charge in [-0.15, -0.1) is 0 Å². The lowest BCUT2D eigenvalue weighted by atomic mass is 10.1. The van der Waals surface area contributed by atoms with Crippen molar-refractivity contribution >= 4 is 16.9 Å². The summed E-state index contributed by atoms with van der Waals surface area (Å²) in [5.74, 6) is 1.49. The van der Waals surface area contributed by atoms with Gasteiger partial charge in [-0.25, -0.2) is 4.79 Å². The molecule has 1 heterocycles. The predicted octanol–water partition coefficient (Wildman–Crippen LogP) is 3.65. The van der Waals surface area contributed by atoms with Crippen LogP contribution in [0.4, 0.5) is 0 Å². The highest BCUT2D eigenvalue weighted by atomic mass is 16.5. The van der Waals surface area contributed by atoms with E-state index in [9.17, 15) is 9.59 Å². The first-order valence-corrected chi connectivity index (χ1v) is 11.3. The molecule has 35 heavy (non-hydrogen) atoms. The second kappa shape index (κ2) is 10.8. The lowest BCUT2D eigenvalue weighted by Crippen LogP contribution is -2.23. The van der Waals surface area contributed by atoms with E-state index < -0.39 is 0 Å². The summed E-state index contributed by atoms with van der Waals surface area (Å²) in [5.41, 5.74) is 4.07. The van der Waals surface area contributed by atoms with Crippen LogP contribution in [0.2, 0.25) is 0 Å². The van der Waals surface area contributed by atoms with Gasteiger partial charge < -0.3 is 24.5 Å². The molecule has 0 atom stereocenters. The van der Waals surface area contributed by atoms with Crippen LogP contribution < -0.4 is 25.2 Å². The van der Waals surface area contributed by atoms with E-state index in [4.69, 9.17) is 14.2 Å². The van der Waals surface area contributed by atoms with Gasteiger partial charge >= 0.3 is 5.69 Å². The number of benzene rings is 3. The summed E-state index contributed by atoms with van der Waals surface area (Å²) in [6.45, 7) is 0.784. The maximum atomic E-state index is 12.9. The minimum Gasteiger partial charge on any atom is -0.493 e. The van der Waals surface area contributed by atoms with Gasteiger partial charge in [0.05, 0.1) is 38.9 Å². The number of hydrogen-bond donors (Lipinski definition) is 2. The lowest BCUT2D eigenvalue weighted by Gasteiger charge is -2.15. The van der Waals surface area contributed by atoms with E-state index in [-0.39, 0.29) is 11.6 Å². The highest BCUT2D eigenvalue weighted by molar-refractivity contribution is 5.81. The van der Waals surface area contributed by atoms with Crippen LogP contribution in [0.1, 0.15) is 23.1 Å². The molecular formula is C27H29N3O5. The number of nitrogens with zero attached hydrogens (tertiary/aromatic N) is 1. The summed E-state index contributed by atoms with van der Waals surface area (Å²) >= 11 is 0. The topological polar surface area (TPSA) is 94.6 Å². The van der Waals surface area contributed by atoms with Crippen molar-refractivity contribution in [2.45, 2.75) is 25.9 Å². The van der Waals surface area contributed by atoms with E-state index in [1.165, 1.54) is 0 Å². The number of methoxy groups -OCH3 is 3. The molecule has 2 N–H and O–H groups in total. The van der Waals surface area contributed by atoms with Crippen LogP contribution >= 0.6 is 0 Å². The van der Waals surface area contributed by atoms with Gasteiger partial charge in [-0.05, 0) is 41.3 Å². The first-order valence-electron chi connectivity index (χ1n) is 11.3. The van der Waals surface area contributed by atoms with Crippen molar-refractivity contribution in [1.29, 1.82) is 0 Å². The van der Waals surface area contributed by atoms with Crippen molar-refractivity contribution in [2.75, 3.05) is 21.3 Å². The van der Waals surface area contributed by atoms with Crippen molar-refractivity contribution in [3.8, 4) is 17.2 Å². The first-order chi connectivity index (χ1) is 17.0. The number of carbonyl (C=O) groups excluding carboxylic acids is 1. The summed E-state index contributed by atoms with van der Waals surface area (Å²) in [6.07, 6.45) is 0.819. The van der Waals surface area contributed by atoms with Gasteiger partial charge in [-0.3, -0.25) is 9.36 Å². The molecule has 0 spiro atoms. The number of imidazole rings is 1. The third-order valence-corrected chi connectivity index (χ3v) is 5.90. The van der Waals surface area contributed by atoms with Crippen LogP contribution in [-0.2, 0) is 24.3 Å². The predicted molar refractivity (Wildman–Crippen MR) is 134 cm³/mol. The monoisotopic (exact) mass is 475 g/mol. The zero-order chi connectivity index (χ0) is 24.8. The maximum Gasteiger partial charge on any atom is 0.326 e. The Morgan fingerprint density at radius 2 is 1.63 bits per heavy atom. The highest BCUT2D eigenvalue weighted by Gasteiger charge is 2.17. The Morgan fingerprint density at radius 3 is 2.29 bits per heavy atom. The lowest BCUT2D eigenvalue weighted by molar-refractivity contribution is -0.121. The van der Waals surface area contributed by atoms with Crippen LogP contribution in [-0.4, -0.2) is 36.8 Å². The largest absolute Gasteiger partial charge is 0.493 e. The van der Waals surface area contributed by atoms with E-state index in [0.29, 0.717) is 43.2 Å². The van der Waals surface area contributed by atoms with Gasteiger partial charge in [-0.2, -0.15) is 0 Å². The average molecular weight is 476 g/mol. The zero-order valence-corrected chi connectivity index (χ0v) is 20.1. The fourth-order valence-electron chi connectivity index (χ4n) is 4.19. The van der Waals surface area contributed by atoms with Crippen LogP contribution in [0.5, 0.6) is 17.2 Å². The number of amides is 1. The van der Waals surface area contributed by atoms with Crippen LogP contribution in [0.15, 0.2) is 65.5 Å². The van der Waals surface area contributed by atoms with Crippen molar-refractivity contribution in [3.63, 3.8) is 0 Å². The van der Waals surface area contributed by atoms with Crippen LogP contribution in [0.3, 0.4) is 0 Å². The van der Waals surface area contributed by atoms with Gasteiger partial charge in [0.15, 0.2) is 11.5 Å². The summed E-state index contributed by atoms with van der Waals surface area (Å²) in [7, 11) is 4.66. The van der Waals surface area contributed by atoms with Gasteiger partial charge in [0.1, 0.15) is 0 Å². The second-order valence-electron chi connectivity index (χ2n) is 8.13. The molecule has 0 aliphatic carbocycles. The molecule has 0 aliphatic rings. The molecule has 0 aliphatic heterocycles. The number of rotatable bonds is 10. The Kier molecular flexibility index (Phi) is 7.40.